The zero-order valence-corrected chi connectivity index (χ0v) is 20.2. The van der Waals surface area contributed by atoms with E-state index in [4.69, 9.17) is 23.7 Å². The van der Waals surface area contributed by atoms with Crippen LogP contribution in [-0.2, 0) is 23.7 Å². The van der Waals surface area contributed by atoms with Crippen molar-refractivity contribution in [2.75, 3.05) is 26.9 Å². The Labute approximate surface area is 187 Å². The highest BCUT2D eigenvalue weighted by atomic mass is 16.6. The molecule has 31 heavy (non-hydrogen) atoms. The second-order valence-corrected chi connectivity index (χ2v) is 9.98. The number of amides is 1. The molecular weight excluding hydrogens is 398 g/mol. The molecule has 7 nitrogen and oxygen atoms in total. The second kappa shape index (κ2) is 9.77. The molecule has 1 amide bonds. The van der Waals surface area contributed by atoms with Crippen molar-refractivity contribution in [3.05, 3.63) is 11.6 Å². The lowest BCUT2D eigenvalue weighted by Gasteiger charge is -2.42. The maximum atomic E-state index is 12.7. The second-order valence-electron chi connectivity index (χ2n) is 9.98. The predicted molar refractivity (Wildman–Crippen MR) is 118 cm³/mol. The van der Waals surface area contributed by atoms with Crippen LogP contribution < -0.4 is 5.32 Å². The first kappa shape index (κ1) is 24.5. The molecule has 1 aliphatic carbocycles. The van der Waals surface area contributed by atoms with E-state index in [0.717, 1.165) is 19.3 Å². The van der Waals surface area contributed by atoms with Gasteiger partial charge in [-0.3, -0.25) is 0 Å². The minimum atomic E-state index is -0.417. The standard InChI is InChI=1S/C24H41NO6/c1-8-28-13-17(16(4)5)25-22(26)30-18-11-12-24(14-29-24)21(20(18)27-7)23(6)19(31-23)10-9-15(2)3/h9,16-21H,8,10-14H2,1-7H3,(H,25,26)/t17-,18?,19+,20?,21?,23?,24-/m0/s1. The molecule has 2 saturated heterocycles. The minimum absolute atomic E-state index is 0.0245. The van der Waals surface area contributed by atoms with E-state index in [1.807, 2.05) is 6.92 Å². The Balaban J connectivity index is 1.67. The number of carbonyl (C=O) groups excluding carboxylic acids is 1. The number of nitrogens with one attached hydrogen (secondary N) is 1. The minimum Gasteiger partial charge on any atom is -0.443 e. The van der Waals surface area contributed by atoms with Gasteiger partial charge in [0.05, 0.1) is 31.3 Å². The number of allylic oxidation sites excluding steroid dienone is 1. The predicted octanol–water partition coefficient (Wildman–Crippen LogP) is 3.85. The number of carbonyl (C=O) groups is 1. The summed E-state index contributed by atoms with van der Waals surface area (Å²) in [6.45, 7) is 14.2. The fourth-order valence-electron chi connectivity index (χ4n) is 5.04. The highest BCUT2D eigenvalue weighted by Gasteiger charge is 2.72. The first-order chi connectivity index (χ1) is 14.7. The van der Waals surface area contributed by atoms with Crippen molar-refractivity contribution in [2.24, 2.45) is 11.8 Å². The maximum absolute atomic E-state index is 12.7. The Bertz CT molecular complexity index is 656. The van der Waals surface area contributed by atoms with E-state index in [0.29, 0.717) is 19.8 Å². The van der Waals surface area contributed by atoms with Gasteiger partial charge in [0.15, 0.2) is 0 Å². The van der Waals surface area contributed by atoms with Crippen LogP contribution in [0.1, 0.15) is 60.8 Å². The summed E-state index contributed by atoms with van der Waals surface area (Å²) < 4.78 is 29.6. The molecule has 0 aromatic carbocycles. The van der Waals surface area contributed by atoms with Crippen LogP contribution in [0.15, 0.2) is 11.6 Å². The Morgan fingerprint density at radius 2 is 2.03 bits per heavy atom. The Morgan fingerprint density at radius 1 is 1.32 bits per heavy atom. The SMILES string of the molecule is CCOC[C@H](NC(=O)OC1CC[C@]2(CO2)C(C2(C)O[C@@H]2CC=C(C)C)C1OC)C(C)C. The molecule has 0 aromatic heterocycles. The molecule has 178 valence electrons. The molecule has 0 aromatic rings. The zero-order valence-electron chi connectivity index (χ0n) is 20.2. The van der Waals surface area contributed by atoms with Gasteiger partial charge in [0.25, 0.3) is 0 Å². The van der Waals surface area contributed by atoms with Gasteiger partial charge < -0.3 is 29.0 Å². The zero-order chi connectivity index (χ0) is 22.8. The molecule has 1 N–H and O–H groups in total. The van der Waals surface area contributed by atoms with Crippen molar-refractivity contribution >= 4 is 6.09 Å². The molecule has 7 atom stereocenters. The number of rotatable bonds is 10. The number of epoxide rings is 2. The lowest BCUT2D eigenvalue weighted by atomic mass is 9.68. The van der Waals surface area contributed by atoms with Gasteiger partial charge in [-0.05, 0) is 52.9 Å². The van der Waals surface area contributed by atoms with Crippen LogP contribution in [0, 0.1) is 11.8 Å². The number of alkyl carbamates (subject to hydrolysis) is 1. The normalized spacial score (nSPS) is 37.4. The van der Waals surface area contributed by atoms with E-state index in [1.165, 1.54) is 5.57 Å². The lowest BCUT2D eigenvalue weighted by molar-refractivity contribution is -0.118. The average molecular weight is 440 g/mol. The van der Waals surface area contributed by atoms with Gasteiger partial charge in [-0.1, -0.05) is 25.5 Å². The summed E-state index contributed by atoms with van der Waals surface area (Å²) in [5.74, 6) is 0.269. The summed E-state index contributed by atoms with van der Waals surface area (Å²) in [6.07, 6.45) is 3.76. The van der Waals surface area contributed by atoms with E-state index in [9.17, 15) is 4.79 Å². The van der Waals surface area contributed by atoms with Crippen LogP contribution in [0.25, 0.3) is 0 Å². The third-order valence-electron chi connectivity index (χ3n) is 7.10. The topological polar surface area (TPSA) is 81.9 Å². The average Bonchev–Trinajstić information content (AvgIpc) is 3.62. The Kier molecular flexibility index (Phi) is 7.72. The van der Waals surface area contributed by atoms with Gasteiger partial charge in [0.2, 0.25) is 0 Å². The third-order valence-corrected chi connectivity index (χ3v) is 7.10. The first-order valence-corrected chi connectivity index (χ1v) is 11.7. The Morgan fingerprint density at radius 3 is 2.58 bits per heavy atom. The number of hydrogen-bond donors (Lipinski definition) is 1. The molecule has 2 heterocycles. The smallest absolute Gasteiger partial charge is 0.407 e. The van der Waals surface area contributed by atoms with Crippen LogP contribution in [0.2, 0.25) is 0 Å². The molecule has 0 radical (unpaired) electrons. The quantitative estimate of drug-likeness (QED) is 0.411. The molecule has 3 fully saturated rings. The van der Waals surface area contributed by atoms with Crippen molar-refractivity contribution in [3.8, 4) is 0 Å². The monoisotopic (exact) mass is 439 g/mol. The largest absolute Gasteiger partial charge is 0.443 e. The van der Waals surface area contributed by atoms with E-state index in [1.54, 1.807) is 7.11 Å². The first-order valence-electron chi connectivity index (χ1n) is 11.7. The molecule has 2 aliphatic heterocycles. The fraction of sp³-hybridized carbons (Fsp3) is 0.875. The molecule has 7 heteroatoms. The van der Waals surface area contributed by atoms with Gasteiger partial charge in [0.1, 0.15) is 23.4 Å². The molecule has 1 spiro atoms. The van der Waals surface area contributed by atoms with Gasteiger partial charge in [-0.25, -0.2) is 4.79 Å². The van der Waals surface area contributed by atoms with Crippen molar-refractivity contribution in [3.63, 3.8) is 0 Å². The number of ether oxygens (including phenoxy) is 5. The van der Waals surface area contributed by atoms with Crippen LogP contribution in [0.3, 0.4) is 0 Å². The summed E-state index contributed by atoms with van der Waals surface area (Å²) in [6, 6.07) is -0.0938. The summed E-state index contributed by atoms with van der Waals surface area (Å²) in [4.78, 5) is 12.7. The molecule has 4 unspecified atom stereocenters. The van der Waals surface area contributed by atoms with E-state index in [-0.39, 0.29) is 47.4 Å². The summed E-state index contributed by atoms with van der Waals surface area (Å²) in [5, 5.41) is 2.98. The number of methoxy groups -OCH3 is 1. The van der Waals surface area contributed by atoms with Gasteiger partial charge in [0, 0.05) is 13.7 Å². The summed E-state index contributed by atoms with van der Waals surface area (Å²) in [7, 11) is 1.69. The van der Waals surface area contributed by atoms with Gasteiger partial charge >= 0.3 is 6.09 Å². The maximum Gasteiger partial charge on any atom is 0.407 e. The molecular formula is C24H41NO6. The third kappa shape index (κ3) is 5.44. The van der Waals surface area contributed by atoms with Crippen molar-refractivity contribution < 1.29 is 28.5 Å². The van der Waals surface area contributed by atoms with Crippen molar-refractivity contribution in [1.82, 2.24) is 5.32 Å². The van der Waals surface area contributed by atoms with Crippen LogP contribution >= 0.6 is 0 Å². The van der Waals surface area contributed by atoms with E-state index < -0.39 is 6.09 Å². The molecule has 1 saturated carbocycles. The molecule has 3 aliphatic rings. The van der Waals surface area contributed by atoms with Gasteiger partial charge in [-0.15, -0.1) is 0 Å². The summed E-state index contributed by atoms with van der Waals surface area (Å²) in [5.41, 5.74) is 0.727. The van der Waals surface area contributed by atoms with Crippen LogP contribution in [-0.4, -0.2) is 68.6 Å². The lowest BCUT2D eigenvalue weighted by Crippen LogP contribution is -2.56. The van der Waals surface area contributed by atoms with Gasteiger partial charge in [-0.2, -0.15) is 0 Å². The van der Waals surface area contributed by atoms with E-state index >= 15 is 0 Å². The highest BCUT2D eigenvalue weighted by molar-refractivity contribution is 5.68. The Hall–Kier alpha value is -1.15. The summed E-state index contributed by atoms with van der Waals surface area (Å²) >= 11 is 0. The van der Waals surface area contributed by atoms with E-state index in [2.05, 4.69) is 46.0 Å². The van der Waals surface area contributed by atoms with Crippen molar-refractivity contribution in [1.29, 1.82) is 0 Å². The fourth-order valence-corrected chi connectivity index (χ4v) is 5.04. The highest BCUT2D eigenvalue weighted by Crippen LogP contribution is 2.59. The number of hydrogen-bond acceptors (Lipinski definition) is 6. The van der Waals surface area contributed by atoms with Crippen LogP contribution in [0.5, 0.6) is 0 Å². The van der Waals surface area contributed by atoms with Crippen LogP contribution in [0.4, 0.5) is 4.79 Å². The molecule has 0 bridgehead atoms. The van der Waals surface area contributed by atoms with Crippen molar-refractivity contribution in [2.45, 2.75) is 96.4 Å². The molecule has 3 rings (SSSR count).